The van der Waals surface area contributed by atoms with Crippen molar-refractivity contribution in [3.05, 3.63) is 71.8 Å². The molecule has 1 amide bonds. The number of nitrogens with zero attached hydrogens (tertiary/aromatic N) is 1. The van der Waals surface area contributed by atoms with Gasteiger partial charge in [0, 0.05) is 13.1 Å². The second-order valence-electron chi connectivity index (χ2n) is 6.21. The first-order valence-electron chi connectivity index (χ1n) is 8.41. The SMILES string of the molecule is O=C(NCc1ccccc1)[C@@H]1CCCN1S(=O)(=O)Cc1ccccc1. The molecule has 1 N–H and O–H groups in total. The lowest BCUT2D eigenvalue weighted by atomic mass is 10.2. The third kappa shape index (κ3) is 4.46. The topological polar surface area (TPSA) is 66.5 Å². The molecule has 0 spiro atoms. The van der Waals surface area contributed by atoms with Gasteiger partial charge in [0.15, 0.2) is 0 Å². The highest BCUT2D eigenvalue weighted by atomic mass is 32.2. The molecular formula is C19H22N2O3S. The molecule has 0 aromatic heterocycles. The Kier molecular flexibility index (Phi) is 5.50. The van der Waals surface area contributed by atoms with Crippen LogP contribution in [0.4, 0.5) is 0 Å². The van der Waals surface area contributed by atoms with Crippen LogP contribution in [0.5, 0.6) is 0 Å². The second-order valence-corrected chi connectivity index (χ2v) is 8.14. The van der Waals surface area contributed by atoms with E-state index in [1.165, 1.54) is 4.31 Å². The van der Waals surface area contributed by atoms with Gasteiger partial charge in [0.05, 0.1) is 5.75 Å². The van der Waals surface area contributed by atoms with Gasteiger partial charge in [-0.1, -0.05) is 60.7 Å². The van der Waals surface area contributed by atoms with Crippen molar-refractivity contribution in [3.8, 4) is 0 Å². The summed E-state index contributed by atoms with van der Waals surface area (Å²) in [4.78, 5) is 12.5. The zero-order chi connectivity index (χ0) is 17.7. The van der Waals surface area contributed by atoms with Gasteiger partial charge < -0.3 is 5.32 Å². The van der Waals surface area contributed by atoms with Crippen molar-refractivity contribution in [2.75, 3.05) is 6.54 Å². The van der Waals surface area contributed by atoms with Crippen molar-refractivity contribution in [1.29, 1.82) is 0 Å². The third-order valence-corrected chi connectivity index (χ3v) is 6.21. The van der Waals surface area contributed by atoms with Crippen LogP contribution in [0.25, 0.3) is 0 Å². The summed E-state index contributed by atoms with van der Waals surface area (Å²) in [5.74, 6) is -0.297. The molecule has 1 heterocycles. The van der Waals surface area contributed by atoms with Crippen molar-refractivity contribution in [1.82, 2.24) is 9.62 Å². The molecule has 5 nitrogen and oxygen atoms in total. The van der Waals surface area contributed by atoms with E-state index in [9.17, 15) is 13.2 Å². The molecule has 1 aliphatic heterocycles. The van der Waals surface area contributed by atoms with Gasteiger partial charge >= 0.3 is 0 Å². The lowest BCUT2D eigenvalue weighted by Crippen LogP contribution is -2.46. The molecule has 0 bridgehead atoms. The molecule has 1 fully saturated rings. The number of rotatable bonds is 6. The maximum absolute atomic E-state index is 12.7. The minimum Gasteiger partial charge on any atom is -0.351 e. The average molecular weight is 358 g/mol. The van der Waals surface area contributed by atoms with Crippen LogP contribution < -0.4 is 5.32 Å². The van der Waals surface area contributed by atoms with E-state index in [2.05, 4.69) is 5.32 Å². The van der Waals surface area contributed by atoms with Gasteiger partial charge in [0.25, 0.3) is 0 Å². The first kappa shape index (κ1) is 17.6. The van der Waals surface area contributed by atoms with Gasteiger partial charge in [-0.2, -0.15) is 4.31 Å². The van der Waals surface area contributed by atoms with Crippen LogP contribution in [0.3, 0.4) is 0 Å². The van der Waals surface area contributed by atoms with Crippen molar-refractivity contribution in [3.63, 3.8) is 0 Å². The van der Waals surface area contributed by atoms with Crippen LogP contribution in [-0.4, -0.2) is 31.2 Å². The molecule has 0 unspecified atom stereocenters. The number of carbonyl (C=O) groups is 1. The van der Waals surface area contributed by atoms with Gasteiger partial charge in [0.1, 0.15) is 6.04 Å². The molecule has 2 aromatic rings. The smallest absolute Gasteiger partial charge is 0.238 e. The number of hydrogen-bond donors (Lipinski definition) is 1. The average Bonchev–Trinajstić information content (AvgIpc) is 3.12. The van der Waals surface area contributed by atoms with E-state index in [1.54, 1.807) is 12.1 Å². The maximum atomic E-state index is 12.7. The van der Waals surface area contributed by atoms with E-state index in [0.29, 0.717) is 25.9 Å². The standard InChI is InChI=1S/C19H22N2O3S/c22-19(20-14-16-8-3-1-4-9-16)18-12-7-13-21(18)25(23,24)15-17-10-5-2-6-11-17/h1-6,8-11,18H,7,12-15H2,(H,20,22)/t18-/m0/s1. The fourth-order valence-electron chi connectivity index (χ4n) is 3.11. The first-order chi connectivity index (χ1) is 12.1. The normalized spacial score (nSPS) is 18.2. The second kappa shape index (κ2) is 7.80. The Bertz CT molecular complexity index is 807. The van der Waals surface area contributed by atoms with Crippen LogP contribution in [0.2, 0.25) is 0 Å². The summed E-state index contributed by atoms with van der Waals surface area (Å²) in [6, 6.07) is 18.1. The molecule has 3 rings (SSSR count). The predicted octanol–water partition coefficient (Wildman–Crippen LogP) is 2.30. The quantitative estimate of drug-likeness (QED) is 0.862. The van der Waals surface area contributed by atoms with Crippen LogP contribution in [-0.2, 0) is 27.1 Å². The third-order valence-electron chi connectivity index (χ3n) is 4.37. The van der Waals surface area contributed by atoms with E-state index in [0.717, 1.165) is 11.1 Å². The van der Waals surface area contributed by atoms with Crippen LogP contribution in [0.15, 0.2) is 60.7 Å². The number of nitrogens with one attached hydrogen (secondary N) is 1. The van der Waals surface area contributed by atoms with Crippen molar-refractivity contribution in [2.45, 2.75) is 31.2 Å². The largest absolute Gasteiger partial charge is 0.351 e. The van der Waals surface area contributed by atoms with Gasteiger partial charge in [-0.25, -0.2) is 8.42 Å². The summed E-state index contributed by atoms with van der Waals surface area (Å²) in [5.41, 5.74) is 1.73. The molecule has 6 heteroatoms. The molecule has 0 radical (unpaired) electrons. The van der Waals surface area contributed by atoms with E-state index >= 15 is 0 Å². The highest BCUT2D eigenvalue weighted by Gasteiger charge is 2.38. The number of hydrogen-bond acceptors (Lipinski definition) is 3. The monoisotopic (exact) mass is 358 g/mol. The summed E-state index contributed by atoms with van der Waals surface area (Å²) >= 11 is 0. The van der Waals surface area contributed by atoms with Crippen molar-refractivity contribution < 1.29 is 13.2 Å². The Morgan fingerprint density at radius 2 is 1.60 bits per heavy atom. The van der Waals surface area contributed by atoms with E-state index in [4.69, 9.17) is 0 Å². The zero-order valence-corrected chi connectivity index (χ0v) is 14.8. The van der Waals surface area contributed by atoms with Gasteiger partial charge in [0.2, 0.25) is 15.9 Å². The fraction of sp³-hybridized carbons (Fsp3) is 0.316. The summed E-state index contributed by atoms with van der Waals surface area (Å²) in [6.07, 6.45) is 1.27. The zero-order valence-electron chi connectivity index (χ0n) is 14.0. The van der Waals surface area contributed by atoms with Crippen LogP contribution in [0, 0.1) is 0 Å². The Hall–Kier alpha value is -2.18. The fourth-order valence-corrected chi connectivity index (χ4v) is 4.88. The molecule has 132 valence electrons. The number of benzene rings is 2. The highest BCUT2D eigenvalue weighted by molar-refractivity contribution is 7.88. The summed E-state index contributed by atoms with van der Waals surface area (Å²) in [7, 11) is -3.52. The molecule has 25 heavy (non-hydrogen) atoms. The Labute approximate surface area is 148 Å². The lowest BCUT2D eigenvalue weighted by molar-refractivity contribution is -0.124. The van der Waals surface area contributed by atoms with Crippen molar-refractivity contribution >= 4 is 15.9 Å². The van der Waals surface area contributed by atoms with E-state index in [-0.39, 0.29) is 11.7 Å². The maximum Gasteiger partial charge on any atom is 0.238 e. The number of carbonyl (C=O) groups excluding carboxylic acids is 1. The predicted molar refractivity (Wildman–Crippen MR) is 97.1 cm³/mol. The van der Waals surface area contributed by atoms with Gasteiger partial charge in [-0.15, -0.1) is 0 Å². The molecule has 1 atom stereocenters. The molecular weight excluding hydrogens is 336 g/mol. The Balaban J connectivity index is 1.66. The van der Waals surface area contributed by atoms with Crippen LogP contribution >= 0.6 is 0 Å². The van der Waals surface area contributed by atoms with Gasteiger partial charge in [-0.05, 0) is 24.0 Å². The lowest BCUT2D eigenvalue weighted by Gasteiger charge is -2.23. The first-order valence-corrected chi connectivity index (χ1v) is 10.0. The molecule has 1 saturated heterocycles. The highest BCUT2D eigenvalue weighted by Crippen LogP contribution is 2.23. The van der Waals surface area contributed by atoms with Gasteiger partial charge in [-0.3, -0.25) is 4.79 Å². The summed E-state index contributed by atoms with van der Waals surface area (Å²) in [6.45, 7) is 0.807. The Morgan fingerprint density at radius 3 is 2.24 bits per heavy atom. The van der Waals surface area contributed by atoms with E-state index < -0.39 is 16.1 Å². The van der Waals surface area contributed by atoms with Crippen LogP contribution in [0.1, 0.15) is 24.0 Å². The molecule has 0 aliphatic carbocycles. The minimum atomic E-state index is -3.52. The number of amides is 1. The molecule has 0 saturated carbocycles. The van der Waals surface area contributed by atoms with Crippen molar-refractivity contribution in [2.24, 2.45) is 0 Å². The molecule has 1 aliphatic rings. The Morgan fingerprint density at radius 1 is 1.00 bits per heavy atom. The number of sulfonamides is 1. The summed E-state index contributed by atoms with van der Waals surface area (Å²) in [5, 5.41) is 2.86. The molecule has 2 aromatic carbocycles. The van der Waals surface area contributed by atoms with E-state index in [1.807, 2.05) is 48.5 Å². The minimum absolute atomic E-state index is 0.0731. The summed E-state index contributed by atoms with van der Waals surface area (Å²) < 4.78 is 26.8.